The van der Waals surface area contributed by atoms with Crippen molar-refractivity contribution in [1.82, 2.24) is 0 Å². The van der Waals surface area contributed by atoms with Gasteiger partial charge in [-0.05, 0) is 17.7 Å². The summed E-state index contributed by atoms with van der Waals surface area (Å²) in [5.74, 6) is -0.408. The molecule has 1 aliphatic rings. The number of ether oxygens (including phenoxy) is 1. The molecule has 0 aromatic heterocycles. The molecule has 4 heteroatoms. The van der Waals surface area contributed by atoms with Crippen LogP contribution >= 0.6 is 0 Å². The first-order chi connectivity index (χ1) is 10.7. The molecule has 0 spiro atoms. The first kappa shape index (κ1) is 14.6. The van der Waals surface area contributed by atoms with Crippen LogP contribution < -0.4 is 4.90 Å². The van der Waals surface area contributed by atoms with E-state index in [9.17, 15) is 9.90 Å². The lowest BCUT2D eigenvalue weighted by Crippen LogP contribution is -2.43. The maximum absolute atomic E-state index is 12.2. The number of rotatable bonds is 3. The van der Waals surface area contributed by atoms with Gasteiger partial charge in [-0.1, -0.05) is 48.5 Å². The van der Waals surface area contributed by atoms with Crippen molar-refractivity contribution in [2.45, 2.75) is 24.6 Å². The standard InChI is InChI=1S/C18H19NO3/c1-22-18(21)17-16(20)12-15(13-8-4-2-5-9-13)19(17)14-10-6-3-7-11-14/h2-11,15-17,20H,12H2,1H3/t15-,16-,17+/m1/s1. The number of para-hydroxylation sites is 1. The summed E-state index contributed by atoms with van der Waals surface area (Å²) in [4.78, 5) is 14.1. The fraction of sp³-hybridized carbons (Fsp3) is 0.278. The van der Waals surface area contributed by atoms with Gasteiger partial charge in [0.2, 0.25) is 0 Å². The minimum Gasteiger partial charge on any atom is -0.467 e. The number of hydrogen-bond acceptors (Lipinski definition) is 4. The van der Waals surface area contributed by atoms with E-state index in [1.54, 1.807) is 0 Å². The Morgan fingerprint density at radius 1 is 1.09 bits per heavy atom. The Morgan fingerprint density at radius 3 is 2.27 bits per heavy atom. The Hall–Kier alpha value is -2.33. The van der Waals surface area contributed by atoms with Gasteiger partial charge in [-0.2, -0.15) is 0 Å². The van der Waals surface area contributed by atoms with Crippen molar-refractivity contribution < 1.29 is 14.6 Å². The molecule has 0 radical (unpaired) electrons. The molecule has 2 aromatic rings. The van der Waals surface area contributed by atoms with Gasteiger partial charge in [0.1, 0.15) is 0 Å². The Balaban J connectivity index is 2.04. The zero-order valence-electron chi connectivity index (χ0n) is 12.4. The highest BCUT2D eigenvalue weighted by molar-refractivity contribution is 5.82. The van der Waals surface area contributed by atoms with E-state index in [1.165, 1.54) is 7.11 Å². The van der Waals surface area contributed by atoms with E-state index in [4.69, 9.17) is 4.74 Å². The summed E-state index contributed by atoms with van der Waals surface area (Å²) in [5.41, 5.74) is 1.99. The Labute approximate surface area is 130 Å². The van der Waals surface area contributed by atoms with Crippen molar-refractivity contribution >= 4 is 11.7 Å². The topological polar surface area (TPSA) is 49.8 Å². The molecule has 1 aliphatic heterocycles. The number of aliphatic hydroxyl groups is 1. The molecular formula is C18H19NO3. The van der Waals surface area contributed by atoms with Gasteiger partial charge < -0.3 is 14.7 Å². The predicted octanol–water partition coefficient (Wildman–Crippen LogP) is 2.54. The van der Waals surface area contributed by atoms with E-state index in [-0.39, 0.29) is 6.04 Å². The van der Waals surface area contributed by atoms with Crippen LogP contribution in [-0.2, 0) is 9.53 Å². The van der Waals surface area contributed by atoms with Gasteiger partial charge in [0, 0.05) is 12.1 Å². The second-order valence-corrected chi connectivity index (χ2v) is 5.44. The molecule has 0 bridgehead atoms. The molecular weight excluding hydrogens is 278 g/mol. The third kappa shape index (κ3) is 2.57. The molecule has 0 amide bonds. The van der Waals surface area contributed by atoms with Crippen LogP contribution in [0.3, 0.4) is 0 Å². The quantitative estimate of drug-likeness (QED) is 0.885. The molecule has 1 saturated heterocycles. The van der Waals surface area contributed by atoms with Crippen molar-refractivity contribution in [3.8, 4) is 0 Å². The van der Waals surface area contributed by atoms with Crippen molar-refractivity contribution in [1.29, 1.82) is 0 Å². The number of benzene rings is 2. The molecule has 0 unspecified atom stereocenters. The summed E-state index contributed by atoms with van der Waals surface area (Å²) in [7, 11) is 1.36. The average Bonchev–Trinajstić information content (AvgIpc) is 2.93. The van der Waals surface area contributed by atoms with Crippen LogP contribution in [0.2, 0.25) is 0 Å². The van der Waals surface area contributed by atoms with E-state index < -0.39 is 18.1 Å². The first-order valence-corrected chi connectivity index (χ1v) is 7.36. The number of anilines is 1. The van der Waals surface area contributed by atoms with Gasteiger partial charge in [0.15, 0.2) is 6.04 Å². The molecule has 4 nitrogen and oxygen atoms in total. The van der Waals surface area contributed by atoms with E-state index in [2.05, 4.69) is 0 Å². The van der Waals surface area contributed by atoms with Gasteiger partial charge in [0.25, 0.3) is 0 Å². The summed E-state index contributed by atoms with van der Waals surface area (Å²) in [6.07, 6.45) is -0.253. The van der Waals surface area contributed by atoms with Gasteiger partial charge in [-0.25, -0.2) is 4.79 Å². The Morgan fingerprint density at radius 2 is 1.68 bits per heavy atom. The number of hydrogen-bond donors (Lipinski definition) is 1. The summed E-state index contributed by atoms with van der Waals surface area (Å²) in [6, 6.07) is 18.9. The van der Waals surface area contributed by atoms with Crippen LogP contribution in [0.5, 0.6) is 0 Å². The van der Waals surface area contributed by atoms with Crippen molar-refractivity contribution in [2.75, 3.05) is 12.0 Å². The maximum atomic E-state index is 12.2. The fourth-order valence-corrected chi connectivity index (χ4v) is 3.15. The molecule has 1 fully saturated rings. The molecule has 22 heavy (non-hydrogen) atoms. The van der Waals surface area contributed by atoms with Crippen LogP contribution in [0, 0.1) is 0 Å². The third-order valence-electron chi connectivity index (χ3n) is 4.15. The smallest absolute Gasteiger partial charge is 0.331 e. The van der Waals surface area contributed by atoms with E-state index in [0.29, 0.717) is 6.42 Å². The zero-order chi connectivity index (χ0) is 15.5. The first-order valence-electron chi connectivity index (χ1n) is 7.36. The van der Waals surface area contributed by atoms with E-state index in [0.717, 1.165) is 11.3 Å². The highest BCUT2D eigenvalue weighted by Crippen LogP contribution is 2.40. The molecule has 3 rings (SSSR count). The van der Waals surface area contributed by atoms with Gasteiger partial charge >= 0.3 is 5.97 Å². The van der Waals surface area contributed by atoms with Crippen molar-refractivity contribution in [3.05, 3.63) is 66.2 Å². The van der Waals surface area contributed by atoms with Crippen LogP contribution in [0.1, 0.15) is 18.0 Å². The van der Waals surface area contributed by atoms with Gasteiger partial charge in [0.05, 0.1) is 19.3 Å². The largest absolute Gasteiger partial charge is 0.467 e. The highest BCUT2D eigenvalue weighted by atomic mass is 16.5. The highest BCUT2D eigenvalue weighted by Gasteiger charge is 2.45. The van der Waals surface area contributed by atoms with Gasteiger partial charge in [-0.3, -0.25) is 0 Å². The average molecular weight is 297 g/mol. The molecule has 2 aromatic carbocycles. The van der Waals surface area contributed by atoms with Crippen molar-refractivity contribution in [2.24, 2.45) is 0 Å². The lowest BCUT2D eigenvalue weighted by Gasteiger charge is -2.31. The Kier molecular flexibility index (Phi) is 4.11. The normalized spacial score (nSPS) is 24.3. The molecule has 0 saturated carbocycles. The molecule has 3 atom stereocenters. The Bertz CT molecular complexity index is 629. The number of carbonyl (C=O) groups excluding carboxylic acids is 1. The number of aliphatic hydroxyl groups excluding tert-OH is 1. The predicted molar refractivity (Wildman–Crippen MR) is 84.5 cm³/mol. The maximum Gasteiger partial charge on any atom is 0.331 e. The number of nitrogens with zero attached hydrogens (tertiary/aromatic N) is 1. The molecule has 0 aliphatic carbocycles. The fourth-order valence-electron chi connectivity index (χ4n) is 3.15. The third-order valence-corrected chi connectivity index (χ3v) is 4.15. The van der Waals surface area contributed by atoms with E-state index in [1.807, 2.05) is 65.6 Å². The summed E-state index contributed by atoms with van der Waals surface area (Å²) in [6.45, 7) is 0. The second-order valence-electron chi connectivity index (χ2n) is 5.44. The van der Waals surface area contributed by atoms with Crippen LogP contribution in [0.4, 0.5) is 5.69 Å². The van der Waals surface area contributed by atoms with Crippen LogP contribution in [0.25, 0.3) is 0 Å². The minimum atomic E-state index is -0.752. The number of carbonyl (C=O) groups is 1. The number of esters is 1. The SMILES string of the molecule is COC(=O)[C@@H]1[C@H](O)C[C@H](c2ccccc2)N1c1ccccc1. The molecule has 1 N–H and O–H groups in total. The lowest BCUT2D eigenvalue weighted by molar-refractivity contribution is -0.144. The van der Waals surface area contributed by atoms with Gasteiger partial charge in [-0.15, -0.1) is 0 Å². The molecule has 114 valence electrons. The van der Waals surface area contributed by atoms with Crippen LogP contribution in [-0.4, -0.2) is 30.3 Å². The van der Waals surface area contributed by atoms with E-state index >= 15 is 0 Å². The summed E-state index contributed by atoms with van der Waals surface area (Å²) in [5, 5.41) is 10.4. The monoisotopic (exact) mass is 297 g/mol. The van der Waals surface area contributed by atoms with Crippen molar-refractivity contribution in [3.63, 3.8) is 0 Å². The lowest BCUT2D eigenvalue weighted by atomic mass is 10.0. The van der Waals surface area contributed by atoms with Crippen LogP contribution in [0.15, 0.2) is 60.7 Å². The zero-order valence-corrected chi connectivity index (χ0v) is 12.4. The molecule has 1 heterocycles. The second kappa shape index (κ2) is 6.20. The summed E-state index contributed by atoms with van der Waals surface area (Å²) < 4.78 is 4.90. The minimum absolute atomic E-state index is 0.0531. The number of methoxy groups -OCH3 is 1. The summed E-state index contributed by atoms with van der Waals surface area (Å²) >= 11 is 0.